The molecule has 0 N–H and O–H groups in total. The third-order valence-corrected chi connectivity index (χ3v) is 6.19. The maximum atomic E-state index is 13.9. The Morgan fingerprint density at radius 2 is 1.83 bits per heavy atom. The van der Waals surface area contributed by atoms with Crippen molar-refractivity contribution >= 4 is 5.91 Å². The fraction of sp³-hybridized carbons (Fsp3) is 0.241. The summed E-state index contributed by atoms with van der Waals surface area (Å²) < 4.78 is 1.74. The predicted octanol–water partition coefficient (Wildman–Crippen LogP) is 5.72. The van der Waals surface area contributed by atoms with Gasteiger partial charge in [0, 0.05) is 31.0 Å². The van der Waals surface area contributed by atoms with E-state index in [0.29, 0.717) is 18.8 Å². The Hall–Kier alpha value is -4.24. The Morgan fingerprint density at radius 3 is 2.51 bits per heavy atom. The first-order valence-corrected chi connectivity index (χ1v) is 11.7. The number of aromatic nitrogens is 3. The smallest absolute Gasteiger partial charge is 0.272 e. The number of carbonyl (C=O) groups excluding carboxylic acids is 1. The molecule has 0 bridgehead atoms. The van der Waals surface area contributed by atoms with Crippen LogP contribution >= 0.6 is 0 Å². The molecule has 0 aliphatic heterocycles. The Morgan fingerprint density at radius 1 is 1.00 bits per heavy atom. The minimum Gasteiger partial charge on any atom is -0.332 e. The summed E-state index contributed by atoms with van der Waals surface area (Å²) >= 11 is 0. The van der Waals surface area contributed by atoms with Crippen molar-refractivity contribution in [1.82, 2.24) is 19.7 Å². The highest BCUT2D eigenvalue weighted by Crippen LogP contribution is 2.26. The molecule has 0 fully saturated rings. The van der Waals surface area contributed by atoms with Crippen molar-refractivity contribution in [3.63, 3.8) is 0 Å². The molecule has 0 aliphatic rings. The van der Waals surface area contributed by atoms with Gasteiger partial charge < -0.3 is 4.90 Å². The summed E-state index contributed by atoms with van der Waals surface area (Å²) in [5, 5.41) is 14.1. The third-order valence-electron chi connectivity index (χ3n) is 6.19. The summed E-state index contributed by atoms with van der Waals surface area (Å²) in [5.74, 6) is -0.174. The average molecular weight is 464 g/mol. The first-order chi connectivity index (χ1) is 16.9. The molecule has 6 nitrogen and oxygen atoms in total. The van der Waals surface area contributed by atoms with Crippen molar-refractivity contribution in [2.24, 2.45) is 0 Å². The number of aryl methyl sites for hydroxylation is 4. The van der Waals surface area contributed by atoms with E-state index in [-0.39, 0.29) is 12.3 Å². The Balaban J connectivity index is 1.82. The van der Waals surface area contributed by atoms with E-state index in [1.54, 1.807) is 22.0 Å². The zero-order valence-electron chi connectivity index (χ0n) is 20.6. The van der Waals surface area contributed by atoms with Crippen molar-refractivity contribution in [3.05, 3.63) is 101 Å². The molecule has 0 saturated carbocycles. The molecular formula is C29H29N5O. The van der Waals surface area contributed by atoms with Crippen LogP contribution in [0.5, 0.6) is 0 Å². The van der Waals surface area contributed by atoms with Crippen LogP contribution in [0.4, 0.5) is 0 Å². The number of nitriles is 1. The number of hydrogen-bond donors (Lipinski definition) is 0. The lowest BCUT2D eigenvalue weighted by Gasteiger charge is -2.22. The highest BCUT2D eigenvalue weighted by Gasteiger charge is 2.24. The van der Waals surface area contributed by atoms with Crippen LogP contribution in [0.15, 0.2) is 67.0 Å². The zero-order valence-corrected chi connectivity index (χ0v) is 20.6. The lowest BCUT2D eigenvalue weighted by Crippen LogP contribution is -2.33. The average Bonchev–Trinajstić information content (AvgIpc) is 3.28. The van der Waals surface area contributed by atoms with Crippen molar-refractivity contribution in [3.8, 4) is 23.0 Å². The Bertz CT molecular complexity index is 1400. The second-order valence-corrected chi connectivity index (χ2v) is 8.91. The maximum absolute atomic E-state index is 13.9. The third kappa shape index (κ3) is 5.30. The van der Waals surface area contributed by atoms with Crippen molar-refractivity contribution in [2.45, 2.75) is 40.7 Å². The fourth-order valence-electron chi connectivity index (χ4n) is 4.11. The molecule has 0 radical (unpaired) electrons. The first kappa shape index (κ1) is 23.9. The summed E-state index contributed by atoms with van der Waals surface area (Å²) in [7, 11) is 0. The van der Waals surface area contributed by atoms with E-state index in [1.807, 2.05) is 50.2 Å². The van der Waals surface area contributed by atoms with E-state index in [0.717, 1.165) is 33.6 Å². The van der Waals surface area contributed by atoms with Crippen LogP contribution in [0, 0.1) is 39.0 Å². The van der Waals surface area contributed by atoms with E-state index >= 15 is 0 Å². The molecule has 2 aromatic carbocycles. The van der Waals surface area contributed by atoms with E-state index < -0.39 is 0 Å². The van der Waals surface area contributed by atoms with Crippen molar-refractivity contribution in [2.75, 3.05) is 6.54 Å². The molecule has 0 unspecified atom stereocenters. The van der Waals surface area contributed by atoms with Crippen molar-refractivity contribution < 1.29 is 4.79 Å². The van der Waals surface area contributed by atoms with Gasteiger partial charge >= 0.3 is 0 Å². The van der Waals surface area contributed by atoms with Gasteiger partial charge in [-0.2, -0.15) is 10.4 Å². The number of pyridine rings is 1. The van der Waals surface area contributed by atoms with Crippen LogP contribution in [0.25, 0.3) is 16.9 Å². The van der Waals surface area contributed by atoms with Crippen LogP contribution in [0.2, 0.25) is 0 Å². The lowest BCUT2D eigenvalue weighted by atomic mass is 10.0. The maximum Gasteiger partial charge on any atom is 0.272 e. The first-order valence-electron chi connectivity index (χ1n) is 11.7. The molecule has 35 heavy (non-hydrogen) atoms. The molecule has 0 aliphatic carbocycles. The monoisotopic (exact) mass is 463 g/mol. The van der Waals surface area contributed by atoms with Gasteiger partial charge in [-0.1, -0.05) is 35.9 Å². The van der Waals surface area contributed by atoms with Crippen LogP contribution in [-0.4, -0.2) is 32.1 Å². The SMILES string of the molecule is Cc1ccc(-n2nc(-c3ccc(C)c(C)c3)cc2C(=O)N(CCC#N)Cc2cccnc2)c(C)c1. The summed E-state index contributed by atoms with van der Waals surface area (Å²) in [6.45, 7) is 8.91. The van der Waals surface area contributed by atoms with Gasteiger partial charge in [-0.05, 0) is 74.2 Å². The topological polar surface area (TPSA) is 74.8 Å². The van der Waals surface area contributed by atoms with E-state index in [9.17, 15) is 10.1 Å². The number of benzene rings is 2. The van der Waals surface area contributed by atoms with E-state index in [4.69, 9.17) is 5.10 Å². The molecule has 2 aromatic heterocycles. The fourth-order valence-corrected chi connectivity index (χ4v) is 4.11. The summed E-state index contributed by atoms with van der Waals surface area (Å²) in [6.07, 6.45) is 3.69. The molecule has 4 aromatic rings. The summed E-state index contributed by atoms with van der Waals surface area (Å²) in [5.41, 5.74) is 8.48. The van der Waals surface area contributed by atoms with Gasteiger partial charge in [-0.25, -0.2) is 4.68 Å². The largest absolute Gasteiger partial charge is 0.332 e. The van der Waals surface area contributed by atoms with E-state index in [2.05, 4.69) is 43.1 Å². The molecule has 0 spiro atoms. The Labute approximate surface area is 206 Å². The van der Waals surface area contributed by atoms with Crippen LogP contribution in [-0.2, 0) is 6.54 Å². The second-order valence-electron chi connectivity index (χ2n) is 8.91. The highest BCUT2D eigenvalue weighted by molar-refractivity contribution is 5.94. The minimum absolute atomic E-state index is 0.174. The van der Waals surface area contributed by atoms with Gasteiger partial charge in [0.05, 0.1) is 23.9 Å². The number of amides is 1. The molecule has 6 heteroatoms. The quantitative estimate of drug-likeness (QED) is 0.351. The number of rotatable bonds is 7. The molecule has 1 amide bonds. The highest BCUT2D eigenvalue weighted by atomic mass is 16.2. The van der Waals surface area contributed by atoms with Gasteiger partial charge in [-0.3, -0.25) is 9.78 Å². The molecular weight excluding hydrogens is 434 g/mol. The summed E-state index contributed by atoms with van der Waals surface area (Å²) in [4.78, 5) is 19.8. The van der Waals surface area contributed by atoms with Gasteiger partial charge in [-0.15, -0.1) is 0 Å². The summed E-state index contributed by atoms with van der Waals surface area (Å²) in [6, 6.07) is 20.1. The molecule has 4 rings (SSSR count). The molecule has 176 valence electrons. The molecule has 2 heterocycles. The number of hydrogen-bond acceptors (Lipinski definition) is 4. The predicted molar refractivity (Wildman–Crippen MR) is 137 cm³/mol. The van der Waals surface area contributed by atoms with Crippen LogP contribution < -0.4 is 0 Å². The van der Waals surface area contributed by atoms with Crippen LogP contribution in [0.3, 0.4) is 0 Å². The van der Waals surface area contributed by atoms with Gasteiger partial charge in [0.15, 0.2) is 0 Å². The van der Waals surface area contributed by atoms with Crippen molar-refractivity contribution in [1.29, 1.82) is 5.26 Å². The zero-order chi connectivity index (χ0) is 24.9. The second kappa shape index (κ2) is 10.4. The normalized spacial score (nSPS) is 10.7. The molecule has 0 saturated heterocycles. The van der Waals surface area contributed by atoms with Gasteiger partial charge in [0.25, 0.3) is 5.91 Å². The minimum atomic E-state index is -0.174. The van der Waals surface area contributed by atoms with Gasteiger partial charge in [0.1, 0.15) is 5.69 Å². The lowest BCUT2D eigenvalue weighted by molar-refractivity contribution is 0.0737. The van der Waals surface area contributed by atoms with Crippen LogP contribution in [0.1, 0.15) is 44.7 Å². The van der Waals surface area contributed by atoms with E-state index in [1.165, 1.54) is 11.1 Å². The molecule has 0 atom stereocenters. The number of carbonyl (C=O) groups is 1. The van der Waals surface area contributed by atoms with Gasteiger partial charge in [0.2, 0.25) is 0 Å². The Kier molecular flexibility index (Phi) is 7.07. The number of nitrogens with zero attached hydrogens (tertiary/aromatic N) is 5. The standard InChI is InChI=1S/C29H29N5O/c1-20-8-11-27(23(4)15-20)34-28(17-26(32-34)25-10-9-21(2)22(3)16-25)29(35)33(14-6-12-30)19-24-7-5-13-31-18-24/h5,7-11,13,15-18H,6,14,19H2,1-4H3.